The van der Waals surface area contributed by atoms with Crippen LogP contribution in [0.15, 0.2) is 12.3 Å². The second kappa shape index (κ2) is 9.20. The molecule has 0 bridgehead atoms. The molecule has 1 N–H and O–H groups in total. The van der Waals surface area contributed by atoms with Crippen molar-refractivity contribution in [2.24, 2.45) is 0 Å². The number of hydrogen-bond donors (Lipinski definition) is 1. The lowest BCUT2D eigenvalue weighted by atomic mass is 10.2. The molecule has 1 fully saturated rings. The number of pyridine rings is 1. The molecule has 1 saturated carbocycles. The molecule has 0 aliphatic heterocycles. The number of aromatic nitrogens is 1. The van der Waals surface area contributed by atoms with Crippen molar-refractivity contribution in [1.29, 1.82) is 0 Å². The van der Waals surface area contributed by atoms with Crippen LogP contribution >= 0.6 is 11.6 Å². The minimum absolute atomic E-state index is 0.580. The Morgan fingerprint density at radius 1 is 1.29 bits per heavy atom. The van der Waals surface area contributed by atoms with Crippen LogP contribution in [0.3, 0.4) is 0 Å². The molecule has 0 saturated heterocycles. The molecule has 118 valence electrons. The van der Waals surface area contributed by atoms with Crippen molar-refractivity contribution in [2.45, 2.75) is 31.8 Å². The van der Waals surface area contributed by atoms with Crippen molar-refractivity contribution >= 4 is 11.6 Å². The summed E-state index contributed by atoms with van der Waals surface area (Å²) in [7, 11) is 1.66. The van der Waals surface area contributed by atoms with Crippen LogP contribution in [-0.4, -0.2) is 44.6 Å². The topological polar surface area (TPSA) is 52.6 Å². The van der Waals surface area contributed by atoms with Gasteiger partial charge >= 0.3 is 0 Å². The third kappa shape index (κ3) is 6.61. The molecule has 1 heterocycles. The number of methoxy groups -OCH3 is 1. The van der Waals surface area contributed by atoms with Crippen molar-refractivity contribution < 1.29 is 14.2 Å². The van der Waals surface area contributed by atoms with Crippen molar-refractivity contribution in [3.05, 3.63) is 22.8 Å². The van der Waals surface area contributed by atoms with E-state index in [4.69, 9.17) is 25.8 Å². The van der Waals surface area contributed by atoms with E-state index >= 15 is 0 Å². The summed E-state index contributed by atoms with van der Waals surface area (Å²) in [4.78, 5) is 4.19. The van der Waals surface area contributed by atoms with Crippen LogP contribution in [0.25, 0.3) is 0 Å². The molecule has 21 heavy (non-hydrogen) atoms. The summed E-state index contributed by atoms with van der Waals surface area (Å²) >= 11 is 6.14. The van der Waals surface area contributed by atoms with Crippen LogP contribution < -0.4 is 10.1 Å². The fraction of sp³-hybridized carbons (Fsp3) is 0.667. The molecule has 1 aliphatic carbocycles. The zero-order valence-electron chi connectivity index (χ0n) is 12.4. The van der Waals surface area contributed by atoms with Gasteiger partial charge in [0, 0.05) is 45.0 Å². The second-order valence-corrected chi connectivity index (χ2v) is 5.48. The van der Waals surface area contributed by atoms with E-state index in [0.29, 0.717) is 43.4 Å². The summed E-state index contributed by atoms with van der Waals surface area (Å²) in [6.07, 6.45) is 4.99. The van der Waals surface area contributed by atoms with E-state index in [1.807, 2.05) is 6.07 Å². The molecule has 0 aromatic carbocycles. The van der Waals surface area contributed by atoms with Gasteiger partial charge in [-0.15, -0.1) is 0 Å². The molecule has 0 amide bonds. The lowest BCUT2D eigenvalue weighted by Crippen LogP contribution is -2.15. The highest BCUT2D eigenvalue weighted by Gasteiger charge is 2.20. The molecule has 0 radical (unpaired) electrons. The third-order valence-corrected chi connectivity index (χ3v) is 3.52. The third-order valence-electron chi connectivity index (χ3n) is 3.18. The van der Waals surface area contributed by atoms with Crippen LogP contribution in [0.2, 0.25) is 5.02 Å². The summed E-state index contributed by atoms with van der Waals surface area (Å²) in [5.74, 6) is 0.615. The SMILES string of the molecule is COCCOCCCOc1cc(CNC2CC2)c(Cl)cn1. The predicted octanol–water partition coefficient (Wildman–Crippen LogP) is 2.42. The zero-order chi connectivity index (χ0) is 14.9. The number of ether oxygens (including phenoxy) is 3. The summed E-state index contributed by atoms with van der Waals surface area (Å²) in [5, 5.41) is 4.12. The van der Waals surface area contributed by atoms with E-state index in [2.05, 4.69) is 10.3 Å². The van der Waals surface area contributed by atoms with Crippen molar-refractivity contribution in [3.8, 4) is 5.88 Å². The first-order valence-electron chi connectivity index (χ1n) is 7.37. The van der Waals surface area contributed by atoms with E-state index in [1.165, 1.54) is 12.8 Å². The van der Waals surface area contributed by atoms with Crippen LogP contribution in [0, 0.1) is 0 Å². The van der Waals surface area contributed by atoms with E-state index in [9.17, 15) is 0 Å². The molecular weight excluding hydrogens is 292 g/mol. The summed E-state index contributed by atoms with van der Waals surface area (Å²) in [6, 6.07) is 2.56. The number of nitrogens with one attached hydrogen (secondary N) is 1. The van der Waals surface area contributed by atoms with Gasteiger partial charge in [0.2, 0.25) is 5.88 Å². The van der Waals surface area contributed by atoms with Crippen molar-refractivity contribution in [1.82, 2.24) is 10.3 Å². The maximum Gasteiger partial charge on any atom is 0.213 e. The molecule has 5 nitrogen and oxygen atoms in total. The molecule has 0 spiro atoms. The Balaban J connectivity index is 1.66. The van der Waals surface area contributed by atoms with Gasteiger partial charge < -0.3 is 19.5 Å². The average Bonchev–Trinajstić information content (AvgIpc) is 3.31. The Kier molecular flexibility index (Phi) is 7.23. The summed E-state index contributed by atoms with van der Waals surface area (Å²) in [5.41, 5.74) is 1.03. The van der Waals surface area contributed by atoms with Gasteiger partial charge in [0.05, 0.1) is 24.8 Å². The molecule has 1 aliphatic rings. The van der Waals surface area contributed by atoms with Gasteiger partial charge in [-0.05, 0) is 18.4 Å². The largest absolute Gasteiger partial charge is 0.478 e. The highest BCUT2D eigenvalue weighted by atomic mass is 35.5. The van der Waals surface area contributed by atoms with Gasteiger partial charge in [-0.3, -0.25) is 0 Å². The predicted molar refractivity (Wildman–Crippen MR) is 81.9 cm³/mol. The fourth-order valence-electron chi connectivity index (χ4n) is 1.80. The Morgan fingerprint density at radius 3 is 2.90 bits per heavy atom. The highest BCUT2D eigenvalue weighted by Crippen LogP contribution is 2.23. The van der Waals surface area contributed by atoms with Gasteiger partial charge in [0.25, 0.3) is 0 Å². The Labute approximate surface area is 130 Å². The minimum Gasteiger partial charge on any atom is -0.478 e. The number of hydrogen-bond acceptors (Lipinski definition) is 5. The van der Waals surface area contributed by atoms with Crippen molar-refractivity contribution in [3.63, 3.8) is 0 Å². The maximum atomic E-state index is 6.14. The molecule has 1 aromatic heterocycles. The average molecular weight is 315 g/mol. The quantitative estimate of drug-likeness (QED) is 0.636. The van der Waals surface area contributed by atoms with Crippen molar-refractivity contribution in [2.75, 3.05) is 33.5 Å². The van der Waals surface area contributed by atoms with Crippen LogP contribution in [0.5, 0.6) is 5.88 Å². The zero-order valence-corrected chi connectivity index (χ0v) is 13.2. The van der Waals surface area contributed by atoms with Gasteiger partial charge in [-0.25, -0.2) is 4.98 Å². The first-order chi connectivity index (χ1) is 10.3. The highest BCUT2D eigenvalue weighted by molar-refractivity contribution is 6.31. The normalized spacial score (nSPS) is 14.4. The molecular formula is C15H23ClN2O3. The smallest absolute Gasteiger partial charge is 0.213 e. The van der Waals surface area contributed by atoms with Gasteiger partial charge in [0.15, 0.2) is 0 Å². The van der Waals surface area contributed by atoms with E-state index in [-0.39, 0.29) is 0 Å². The Hall–Kier alpha value is -0.880. The first-order valence-corrected chi connectivity index (χ1v) is 7.74. The molecule has 0 unspecified atom stereocenters. The first kappa shape index (κ1) is 16.5. The Morgan fingerprint density at radius 2 is 2.14 bits per heavy atom. The van der Waals surface area contributed by atoms with Gasteiger partial charge in [-0.2, -0.15) is 0 Å². The maximum absolute atomic E-state index is 6.14. The number of halogens is 1. The molecule has 0 atom stereocenters. The van der Waals surface area contributed by atoms with E-state index in [0.717, 1.165) is 18.5 Å². The lowest BCUT2D eigenvalue weighted by Gasteiger charge is -2.09. The van der Waals surface area contributed by atoms with Gasteiger partial charge in [-0.1, -0.05) is 11.6 Å². The van der Waals surface area contributed by atoms with Crippen LogP contribution in [0.1, 0.15) is 24.8 Å². The molecule has 2 rings (SSSR count). The van der Waals surface area contributed by atoms with E-state index in [1.54, 1.807) is 13.3 Å². The lowest BCUT2D eigenvalue weighted by molar-refractivity contribution is 0.0642. The van der Waals surface area contributed by atoms with Crippen LogP contribution in [-0.2, 0) is 16.0 Å². The standard InChI is InChI=1S/C15H23ClN2O3/c1-19-7-8-20-5-2-6-21-15-9-12(14(16)11-18-15)10-17-13-3-4-13/h9,11,13,17H,2-8,10H2,1H3. The summed E-state index contributed by atoms with van der Waals surface area (Å²) in [6.45, 7) is 3.25. The molecule has 6 heteroatoms. The Bertz CT molecular complexity index is 427. The van der Waals surface area contributed by atoms with Gasteiger partial charge in [0.1, 0.15) is 0 Å². The number of nitrogens with zero attached hydrogens (tertiary/aromatic N) is 1. The molecule has 1 aromatic rings. The van der Waals surface area contributed by atoms with Crippen LogP contribution in [0.4, 0.5) is 0 Å². The minimum atomic E-state index is 0.580. The number of rotatable bonds is 11. The monoisotopic (exact) mass is 314 g/mol. The fourth-order valence-corrected chi connectivity index (χ4v) is 1.97. The second-order valence-electron chi connectivity index (χ2n) is 5.08. The summed E-state index contributed by atoms with van der Waals surface area (Å²) < 4.78 is 15.9. The van der Waals surface area contributed by atoms with E-state index < -0.39 is 0 Å².